The van der Waals surface area contributed by atoms with Crippen molar-refractivity contribution in [1.29, 1.82) is 0 Å². The van der Waals surface area contributed by atoms with Crippen LogP contribution in [-0.4, -0.2) is 57.6 Å². The standard InChI is InChI=1S/C29H34FN3O5S2/c1-5-27(29(35)31-3)32(19-21-7-9-22(30)10-8-21)28(34)20-33(23-11-13-24(14-12-23)38-6-2)40(36,37)26-17-15-25(39-4)16-18-26/h7-18,27H,5-6,19-20H2,1-4H3,(H,31,35). The first-order valence-electron chi connectivity index (χ1n) is 12.8. The number of sulfonamides is 1. The normalized spacial score (nSPS) is 11.9. The van der Waals surface area contributed by atoms with Gasteiger partial charge in [-0.05, 0) is 85.8 Å². The van der Waals surface area contributed by atoms with Crippen LogP contribution in [0.25, 0.3) is 0 Å². The van der Waals surface area contributed by atoms with Gasteiger partial charge >= 0.3 is 0 Å². The minimum absolute atomic E-state index is 0.00930. The summed E-state index contributed by atoms with van der Waals surface area (Å²) in [6.07, 6.45) is 2.18. The van der Waals surface area contributed by atoms with Crippen molar-refractivity contribution in [3.63, 3.8) is 0 Å². The van der Waals surface area contributed by atoms with E-state index in [4.69, 9.17) is 4.74 Å². The molecule has 3 rings (SSSR count). The van der Waals surface area contributed by atoms with Crippen LogP contribution >= 0.6 is 11.8 Å². The molecule has 0 radical (unpaired) electrons. The first-order valence-corrected chi connectivity index (χ1v) is 15.5. The van der Waals surface area contributed by atoms with Gasteiger partial charge in [0.05, 0.1) is 17.2 Å². The Morgan fingerprint density at radius 3 is 2.12 bits per heavy atom. The summed E-state index contributed by atoms with van der Waals surface area (Å²) >= 11 is 1.48. The van der Waals surface area contributed by atoms with Crippen LogP contribution in [0.15, 0.2) is 82.6 Å². The molecule has 1 atom stereocenters. The predicted molar refractivity (Wildman–Crippen MR) is 155 cm³/mol. The van der Waals surface area contributed by atoms with E-state index in [0.717, 1.165) is 9.20 Å². The van der Waals surface area contributed by atoms with E-state index in [9.17, 15) is 22.4 Å². The van der Waals surface area contributed by atoms with Crippen molar-refractivity contribution in [3.05, 3.63) is 84.2 Å². The highest BCUT2D eigenvalue weighted by Gasteiger charge is 2.33. The third-order valence-electron chi connectivity index (χ3n) is 6.26. The molecule has 0 aromatic heterocycles. The summed E-state index contributed by atoms with van der Waals surface area (Å²) in [5, 5.41) is 2.58. The second-order valence-electron chi connectivity index (χ2n) is 8.80. The number of halogens is 1. The molecule has 1 N–H and O–H groups in total. The van der Waals surface area contributed by atoms with Crippen LogP contribution in [0.2, 0.25) is 0 Å². The summed E-state index contributed by atoms with van der Waals surface area (Å²) < 4.78 is 47.9. The van der Waals surface area contributed by atoms with Gasteiger partial charge in [0.25, 0.3) is 10.0 Å². The van der Waals surface area contributed by atoms with E-state index in [1.807, 2.05) is 13.2 Å². The summed E-state index contributed by atoms with van der Waals surface area (Å²) in [7, 11) is -2.71. The van der Waals surface area contributed by atoms with Gasteiger partial charge in [0.15, 0.2) is 0 Å². The number of nitrogens with one attached hydrogen (secondary N) is 1. The van der Waals surface area contributed by atoms with Crippen molar-refractivity contribution in [2.45, 2.75) is 42.6 Å². The zero-order chi connectivity index (χ0) is 29.3. The number of rotatable bonds is 13. The highest BCUT2D eigenvalue weighted by Crippen LogP contribution is 2.28. The average molecular weight is 588 g/mol. The second kappa shape index (κ2) is 14.2. The van der Waals surface area contributed by atoms with Crippen LogP contribution in [0.4, 0.5) is 10.1 Å². The summed E-state index contributed by atoms with van der Waals surface area (Å²) in [5.41, 5.74) is 0.862. The molecule has 3 aromatic carbocycles. The Hall–Kier alpha value is -3.57. The maximum atomic E-state index is 13.9. The van der Waals surface area contributed by atoms with E-state index < -0.39 is 34.3 Å². The molecular formula is C29H34FN3O5S2. The Labute approximate surface area is 239 Å². The Bertz CT molecular complexity index is 1380. The van der Waals surface area contributed by atoms with Gasteiger partial charge in [-0.3, -0.25) is 13.9 Å². The summed E-state index contributed by atoms with van der Waals surface area (Å²) in [6.45, 7) is 3.48. The van der Waals surface area contributed by atoms with Gasteiger partial charge in [-0.2, -0.15) is 0 Å². The van der Waals surface area contributed by atoms with Crippen LogP contribution in [0, 0.1) is 5.82 Å². The number of carbonyl (C=O) groups excluding carboxylic acids is 2. The highest BCUT2D eigenvalue weighted by molar-refractivity contribution is 7.98. The third kappa shape index (κ3) is 7.54. The van der Waals surface area contributed by atoms with Gasteiger partial charge in [-0.1, -0.05) is 19.1 Å². The van der Waals surface area contributed by atoms with Gasteiger partial charge in [0.1, 0.15) is 24.2 Å². The number of hydrogen-bond acceptors (Lipinski definition) is 6. The summed E-state index contributed by atoms with van der Waals surface area (Å²) in [4.78, 5) is 28.9. The Morgan fingerprint density at radius 1 is 0.975 bits per heavy atom. The van der Waals surface area contributed by atoms with Crippen molar-refractivity contribution < 1.29 is 27.1 Å². The maximum absolute atomic E-state index is 13.9. The first kappa shape index (κ1) is 31.0. The molecule has 1 unspecified atom stereocenters. The molecule has 2 amide bonds. The lowest BCUT2D eigenvalue weighted by Gasteiger charge is -2.33. The number of likely N-dealkylation sites (N-methyl/N-ethyl adjacent to an activating group) is 1. The van der Waals surface area contributed by atoms with Crippen molar-refractivity contribution >= 4 is 39.3 Å². The fourth-order valence-corrected chi connectivity index (χ4v) is 5.97. The first-order chi connectivity index (χ1) is 19.1. The van der Waals surface area contributed by atoms with Gasteiger partial charge < -0.3 is 15.0 Å². The zero-order valence-electron chi connectivity index (χ0n) is 23.0. The minimum atomic E-state index is -4.18. The van der Waals surface area contributed by atoms with Crippen molar-refractivity contribution in [3.8, 4) is 5.75 Å². The quantitative estimate of drug-likeness (QED) is 0.292. The SMILES string of the molecule is CCOc1ccc(N(CC(=O)N(Cc2ccc(F)cc2)C(CC)C(=O)NC)S(=O)(=O)c2ccc(SC)cc2)cc1. The van der Waals surface area contributed by atoms with Crippen molar-refractivity contribution in [2.75, 3.05) is 30.8 Å². The van der Waals surface area contributed by atoms with Gasteiger partial charge in [-0.15, -0.1) is 11.8 Å². The second-order valence-corrected chi connectivity index (χ2v) is 11.5. The van der Waals surface area contributed by atoms with E-state index in [-0.39, 0.29) is 23.0 Å². The lowest BCUT2D eigenvalue weighted by Crippen LogP contribution is -2.51. The maximum Gasteiger partial charge on any atom is 0.264 e. The number of ether oxygens (including phenoxy) is 1. The highest BCUT2D eigenvalue weighted by atomic mass is 32.2. The fourth-order valence-electron chi connectivity index (χ4n) is 4.15. The van der Waals surface area contributed by atoms with E-state index >= 15 is 0 Å². The Kier molecular flexibility index (Phi) is 11.0. The van der Waals surface area contributed by atoms with Crippen molar-refractivity contribution in [1.82, 2.24) is 10.2 Å². The molecule has 0 saturated heterocycles. The molecule has 0 aliphatic rings. The monoisotopic (exact) mass is 587 g/mol. The third-order valence-corrected chi connectivity index (χ3v) is 8.79. The average Bonchev–Trinajstić information content (AvgIpc) is 2.97. The molecule has 40 heavy (non-hydrogen) atoms. The Balaban J connectivity index is 2.05. The summed E-state index contributed by atoms with van der Waals surface area (Å²) in [6, 6.07) is 17.6. The molecule has 0 heterocycles. The molecule has 3 aromatic rings. The number of hydrogen-bond donors (Lipinski definition) is 1. The summed E-state index contributed by atoms with van der Waals surface area (Å²) in [5.74, 6) is -0.845. The van der Waals surface area contributed by atoms with Crippen LogP contribution in [-0.2, 0) is 26.2 Å². The van der Waals surface area contributed by atoms with Gasteiger partial charge in [-0.25, -0.2) is 12.8 Å². The number of nitrogens with zero attached hydrogens (tertiary/aromatic N) is 2. The van der Waals surface area contributed by atoms with Crippen molar-refractivity contribution in [2.24, 2.45) is 0 Å². The van der Waals surface area contributed by atoms with E-state index in [0.29, 0.717) is 24.3 Å². The Morgan fingerprint density at radius 2 is 1.60 bits per heavy atom. The van der Waals surface area contributed by atoms with Gasteiger partial charge in [0, 0.05) is 18.5 Å². The smallest absolute Gasteiger partial charge is 0.264 e. The number of amides is 2. The van der Waals surface area contributed by atoms with Crippen LogP contribution < -0.4 is 14.4 Å². The molecule has 0 aliphatic carbocycles. The van der Waals surface area contributed by atoms with E-state index in [1.54, 1.807) is 43.3 Å². The number of benzene rings is 3. The lowest BCUT2D eigenvalue weighted by atomic mass is 10.1. The lowest BCUT2D eigenvalue weighted by molar-refractivity contribution is -0.140. The topological polar surface area (TPSA) is 96.0 Å². The molecule has 8 nitrogen and oxygen atoms in total. The number of thioether (sulfide) groups is 1. The predicted octanol–water partition coefficient (Wildman–Crippen LogP) is 4.70. The minimum Gasteiger partial charge on any atom is -0.494 e. The zero-order valence-corrected chi connectivity index (χ0v) is 24.6. The molecular weight excluding hydrogens is 553 g/mol. The molecule has 214 valence electrons. The number of anilines is 1. The largest absolute Gasteiger partial charge is 0.494 e. The molecule has 0 bridgehead atoms. The molecule has 11 heteroatoms. The van der Waals surface area contributed by atoms with E-state index in [1.165, 1.54) is 60.1 Å². The molecule has 0 spiro atoms. The van der Waals surface area contributed by atoms with E-state index in [2.05, 4.69) is 5.32 Å². The fraction of sp³-hybridized carbons (Fsp3) is 0.310. The van der Waals surface area contributed by atoms with Crippen LogP contribution in [0.5, 0.6) is 5.75 Å². The molecule has 0 aliphatic heterocycles. The number of carbonyl (C=O) groups is 2. The van der Waals surface area contributed by atoms with Crippen LogP contribution in [0.1, 0.15) is 25.8 Å². The molecule has 0 fully saturated rings. The van der Waals surface area contributed by atoms with Crippen LogP contribution in [0.3, 0.4) is 0 Å². The van der Waals surface area contributed by atoms with Gasteiger partial charge in [0.2, 0.25) is 11.8 Å². The molecule has 0 saturated carbocycles.